The molecule has 5 heterocycles. The van der Waals surface area contributed by atoms with Gasteiger partial charge >= 0.3 is 0 Å². The van der Waals surface area contributed by atoms with Crippen molar-refractivity contribution in [3.63, 3.8) is 0 Å². The lowest BCUT2D eigenvalue weighted by Crippen LogP contribution is -2.37. The summed E-state index contributed by atoms with van der Waals surface area (Å²) in [4.78, 5) is 21.0. The molecule has 174 valence electrons. The number of carbonyl (C=O) groups is 1. The first-order chi connectivity index (χ1) is 16.0. The number of anilines is 1. The number of rotatable bonds is 6. The van der Waals surface area contributed by atoms with Crippen LogP contribution in [0.15, 0.2) is 24.5 Å². The van der Waals surface area contributed by atoms with Gasteiger partial charge < -0.3 is 29.2 Å². The number of nitrogens with zero attached hydrogens (tertiary/aromatic N) is 3. The Balaban J connectivity index is 1.67. The molecule has 2 N–H and O–H groups in total. The van der Waals surface area contributed by atoms with E-state index in [1.807, 2.05) is 29.9 Å². The Bertz CT molecular complexity index is 1200. The minimum atomic E-state index is -0.563. The lowest BCUT2D eigenvalue weighted by molar-refractivity contribution is -0.114. The van der Waals surface area contributed by atoms with Crippen LogP contribution in [-0.4, -0.2) is 58.6 Å². The maximum Gasteiger partial charge on any atom is 0.222 e. The van der Waals surface area contributed by atoms with Gasteiger partial charge in [0, 0.05) is 75.2 Å². The first kappa shape index (κ1) is 21.8. The molecule has 1 saturated heterocycles. The maximum atomic E-state index is 11.6. The SMILES string of the molecule is CC(=O)Nc1cc2c(-c3cc(OCCCO)c4c(n3)C3(CCOC3)OCC4)cn(C)c2cn1. The van der Waals surface area contributed by atoms with Gasteiger partial charge in [-0.3, -0.25) is 4.79 Å². The zero-order chi connectivity index (χ0) is 23.0. The minimum absolute atomic E-state index is 0.0727. The zero-order valence-electron chi connectivity index (χ0n) is 18.9. The molecule has 0 aliphatic carbocycles. The van der Waals surface area contributed by atoms with E-state index in [9.17, 15) is 9.90 Å². The highest BCUT2D eigenvalue weighted by molar-refractivity contribution is 5.98. The second-order valence-electron chi connectivity index (χ2n) is 8.58. The van der Waals surface area contributed by atoms with Crippen molar-refractivity contribution in [3.05, 3.63) is 35.8 Å². The standard InChI is InChI=1S/C24H28N4O5/c1-15(30)26-22-10-17-18(13-28(2)20(17)12-25-22)19-11-21(32-7-3-6-29)16-4-8-33-24(23(16)27-19)5-9-31-14-24/h10-13,29H,3-9,14H2,1-2H3,(H,25,26,30). The zero-order valence-corrected chi connectivity index (χ0v) is 18.9. The third kappa shape index (κ3) is 3.96. The van der Waals surface area contributed by atoms with E-state index in [-0.39, 0.29) is 12.5 Å². The molecule has 0 radical (unpaired) electrons. The van der Waals surface area contributed by atoms with Crippen LogP contribution in [0.3, 0.4) is 0 Å². The highest BCUT2D eigenvalue weighted by Gasteiger charge is 2.44. The van der Waals surface area contributed by atoms with E-state index in [4.69, 9.17) is 19.2 Å². The van der Waals surface area contributed by atoms with Gasteiger partial charge in [0.25, 0.3) is 0 Å². The summed E-state index contributed by atoms with van der Waals surface area (Å²) in [6.45, 7) is 3.65. The van der Waals surface area contributed by atoms with Crippen LogP contribution >= 0.6 is 0 Å². The smallest absolute Gasteiger partial charge is 0.222 e. The normalized spacial score (nSPS) is 19.7. The van der Waals surface area contributed by atoms with Gasteiger partial charge in [-0.05, 0) is 6.07 Å². The fourth-order valence-electron chi connectivity index (χ4n) is 4.67. The molecule has 9 nitrogen and oxygen atoms in total. The van der Waals surface area contributed by atoms with Crippen molar-refractivity contribution < 1.29 is 24.1 Å². The number of pyridine rings is 2. The first-order valence-electron chi connectivity index (χ1n) is 11.2. The fourth-order valence-corrected chi connectivity index (χ4v) is 4.67. The number of aryl methyl sites for hydroxylation is 1. The predicted octanol–water partition coefficient (Wildman–Crippen LogP) is 2.54. The Morgan fingerprint density at radius 1 is 1.36 bits per heavy atom. The molecule has 1 amide bonds. The summed E-state index contributed by atoms with van der Waals surface area (Å²) in [7, 11) is 1.96. The molecule has 1 fully saturated rings. The number of nitrogens with one attached hydrogen (secondary N) is 1. The monoisotopic (exact) mass is 452 g/mol. The lowest BCUT2D eigenvalue weighted by atomic mass is 9.89. The van der Waals surface area contributed by atoms with Gasteiger partial charge in [0.2, 0.25) is 5.91 Å². The van der Waals surface area contributed by atoms with E-state index < -0.39 is 5.60 Å². The average Bonchev–Trinajstić information content (AvgIpc) is 3.39. The maximum absolute atomic E-state index is 11.6. The molecule has 0 aromatic carbocycles. The van der Waals surface area contributed by atoms with E-state index in [1.54, 1.807) is 6.20 Å². The van der Waals surface area contributed by atoms with Gasteiger partial charge in [-0.15, -0.1) is 0 Å². The van der Waals surface area contributed by atoms with Crippen molar-refractivity contribution >= 4 is 22.6 Å². The van der Waals surface area contributed by atoms with Crippen LogP contribution in [0.4, 0.5) is 5.82 Å². The Morgan fingerprint density at radius 2 is 2.24 bits per heavy atom. The van der Waals surface area contributed by atoms with Crippen molar-refractivity contribution in [3.8, 4) is 17.0 Å². The van der Waals surface area contributed by atoms with Crippen LogP contribution in [0.2, 0.25) is 0 Å². The number of aliphatic hydroxyl groups excluding tert-OH is 1. The molecule has 0 bridgehead atoms. The summed E-state index contributed by atoms with van der Waals surface area (Å²) < 4.78 is 20.1. The lowest BCUT2D eigenvalue weighted by Gasteiger charge is -2.34. The molecule has 5 rings (SSSR count). The molecule has 33 heavy (non-hydrogen) atoms. The van der Waals surface area contributed by atoms with E-state index >= 15 is 0 Å². The van der Waals surface area contributed by atoms with E-state index in [0.717, 1.165) is 45.6 Å². The third-order valence-corrected chi connectivity index (χ3v) is 6.25. The number of aliphatic hydroxyl groups is 1. The van der Waals surface area contributed by atoms with Crippen molar-refractivity contribution in [2.24, 2.45) is 7.05 Å². The Hall–Kier alpha value is -3.01. The number of carbonyl (C=O) groups excluding carboxylic acids is 1. The quantitative estimate of drug-likeness (QED) is 0.554. The molecule has 1 unspecified atom stereocenters. The third-order valence-electron chi connectivity index (χ3n) is 6.25. The molecule has 2 aliphatic rings. The number of fused-ring (bicyclic) bond motifs is 3. The summed E-state index contributed by atoms with van der Waals surface area (Å²) in [5, 5.41) is 12.9. The van der Waals surface area contributed by atoms with Gasteiger partial charge in [-0.25, -0.2) is 9.97 Å². The average molecular weight is 453 g/mol. The topological polar surface area (TPSA) is 108 Å². The molecular weight excluding hydrogens is 424 g/mol. The van der Waals surface area contributed by atoms with Crippen molar-refractivity contribution in [1.29, 1.82) is 0 Å². The molecule has 1 atom stereocenters. The van der Waals surface area contributed by atoms with E-state index in [2.05, 4.69) is 10.3 Å². The van der Waals surface area contributed by atoms with Crippen molar-refractivity contribution in [2.75, 3.05) is 38.4 Å². The highest BCUT2D eigenvalue weighted by atomic mass is 16.6. The first-order valence-corrected chi connectivity index (χ1v) is 11.2. The van der Waals surface area contributed by atoms with Gasteiger partial charge in [0.15, 0.2) is 0 Å². The summed E-state index contributed by atoms with van der Waals surface area (Å²) in [6.07, 6.45) is 5.77. The fraction of sp³-hybridized carbons (Fsp3) is 0.458. The van der Waals surface area contributed by atoms with Crippen molar-refractivity contribution in [1.82, 2.24) is 14.5 Å². The highest BCUT2D eigenvalue weighted by Crippen LogP contribution is 2.44. The molecule has 0 saturated carbocycles. The minimum Gasteiger partial charge on any atom is -0.493 e. The van der Waals surface area contributed by atoms with Gasteiger partial charge in [-0.1, -0.05) is 0 Å². The molecular formula is C24H28N4O5. The number of hydrogen-bond acceptors (Lipinski definition) is 7. The van der Waals surface area contributed by atoms with Crippen LogP contribution in [0.25, 0.3) is 22.2 Å². The second-order valence-corrected chi connectivity index (χ2v) is 8.58. The number of ether oxygens (including phenoxy) is 3. The molecule has 3 aromatic heterocycles. The van der Waals surface area contributed by atoms with Gasteiger partial charge in [0.1, 0.15) is 17.2 Å². The molecule has 2 aliphatic heterocycles. The van der Waals surface area contributed by atoms with Gasteiger partial charge in [0.05, 0.1) is 42.9 Å². The van der Waals surface area contributed by atoms with Gasteiger partial charge in [-0.2, -0.15) is 0 Å². The van der Waals surface area contributed by atoms with Crippen LogP contribution in [0.5, 0.6) is 5.75 Å². The van der Waals surface area contributed by atoms with E-state index in [1.165, 1.54) is 6.92 Å². The summed E-state index contributed by atoms with van der Waals surface area (Å²) in [6, 6.07) is 3.84. The Labute approximate surface area is 191 Å². The van der Waals surface area contributed by atoms with Crippen LogP contribution in [0, 0.1) is 0 Å². The number of aromatic nitrogens is 3. The summed E-state index contributed by atoms with van der Waals surface area (Å²) in [5.74, 6) is 1.08. The largest absolute Gasteiger partial charge is 0.493 e. The molecule has 9 heteroatoms. The Kier molecular flexibility index (Phi) is 5.77. The Morgan fingerprint density at radius 3 is 3.00 bits per heavy atom. The molecule has 3 aromatic rings. The predicted molar refractivity (Wildman–Crippen MR) is 122 cm³/mol. The van der Waals surface area contributed by atoms with Crippen LogP contribution in [0.1, 0.15) is 31.0 Å². The summed E-state index contributed by atoms with van der Waals surface area (Å²) in [5.41, 5.74) is 3.96. The number of hydrogen-bond donors (Lipinski definition) is 2. The number of amides is 1. The van der Waals surface area contributed by atoms with Crippen molar-refractivity contribution in [2.45, 2.75) is 31.8 Å². The summed E-state index contributed by atoms with van der Waals surface area (Å²) >= 11 is 0. The van der Waals surface area contributed by atoms with Crippen LogP contribution < -0.4 is 10.1 Å². The molecule has 1 spiro atoms. The van der Waals surface area contributed by atoms with E-state index in [0.29, 0.717) is 45.1 Å². The second kappa shape index (κ2) is 8.74. The van der Waals surface area contributed by atoms with Crippen LogP contribution in [-0.2, 0) is 33.3 Å².